The minimum Gasteiger partial charge on any atom is -0.467 e. The first kappa shape index (κ1) is 20.4. The minimum absolute atomic E-state index is 0.374. The van der Waals surface area contributed by atoms with Crippen molar-refractivity contribution in [2.75, 3.05) is 37.1 Å². The van der Waals surface area contributed by atoms with Gasteiger partial charge >= 0.3 is 5.97 Å². The summed E-state index contributed by atoms with van der Waals surface area (Å²) in [5.74, 6) is 1.07. The monoisotopic (exact) mass is 406 g/mol. The Kier molecular flexibility index (Phi) is 6.77. The molecule has 1 fully saturated rings. The molecule has 1 atom stereocenters. The smallest absolute Gasteiger partial charge is 0.328 e. The number of carbonyl (C=O) groups is 2. The molecule has 9 heteroatoms. The van der Waals surface area contributed by atoms with E-state index in [-0.39, 0.29) is 5.91 Å². The molecule has 3 heterocycles. The fourth-order valence-corrected chi connectivity index (χ4v) is 3.98. The van der Waals surface area contributed by atoms with Crippen LogP contribution in [0.5, 0.6) is 0 Å². The number of carbonyl (C=O) groups excluding carboxylic acids is 2. The Morgan fingerprint density at radius 3 is 2.75 bits per heavy atom. The Hall–Kier alpha value is -2.29. The zero-order chi connectivity index (χ0) is 20.1. The molecule has 0 unspecified atom stereocenters. The van der Waals surface area contributed by atoms with Crippen LogP contribution in [0.2, 0.25) is 0 Å². The summed E-state index contributed by atoms with van der Waals surface area (Å²) in [6, 6.07) is -0.711. The third-order valence-electron chi connectivity index (χ3n) is 4.93. The number of hydrogen-bond donors (Lipinski definition) is 1. The van der Waals surface area contributed by atoms with Gasteiger partial charge < -0.3 is 19.4 Å². The topological polar surface area (TPSA) is 97.6 Å². The van der Waals surface area contributed by atoms with Gasteiger partial charge in [-0.05, 0) is 44.6 Å². The molecule has 1 saturated heterocycles. The Morgan fingerprint density at radius 2 is 2.07 bits per heavy atom. The van der Waals surface area contributed by atoms with E-state index in [0.717, 1.165) is 31.7 Å². The van der Waals surface area contributed by atoms with Gasteiger partial charge in [0, 0.05) is 13.1 Å². The highest BCUT2D eigenvalue weighted by Crippen LogP contribution is 2.32. The number of amides is 1. The SMILES string of the molecule is COC(=O)[C@@H](CCSC)NC(=O)c1c(C)oc2ncnc(N3CCCCC3)c12. The molecule has 152 valence electrons. The van der Waals surface area contributed by atoms with Gasteiger partial charge in [-0.1, -0.05) is 0 Å². The molecule has 0 aromatic carbocycles. The highest BCUT2D eigenvalue weighted by Gasteiger charge is 2.29. The number of esters is 1. The van der Waals surface area contributed by atoms with Crippen LogP contribution in [0.1, 0.15) is 41.8 Å². The van der Waals surface area contributed by atoms with Crippen molar-refractivity contribution < 1.29 is 18.7 Å². The molecule has 2 aromatic rings. The van der Waals surface area contributed by atoms with Crippen LogP contribution in [0.4, 0.5) is 5.82 Å². The fraction of sp³-hybridized carbons (Fsp3) is 0.579. The lowest BCUT2D eigenvalue weighted by Gasteiger charge is -2.28. The molecule has 8 nitrogen and oxygen atoms in total. The molecule has 3 rings (SSSR count). The minimum atomic E-state index is -0.711. The number of aryl methyl sites for hydroxylation is 1. The molecule has 2 aromatic heterocycles. The van der Waals surface area contributed by atoms with Gasteiger partial charge in [-0.15, -0.1) is 0 Å². The maximum Gasteiger partial charge on any atom is 0.328 e. The molecule has 0 radical (unpaired) electrons. The Balaban J connectivity index is 1.95. The molecule has 0 bridgehead atoms. The van der Waals surface area contributed by atoms with Crippen LogP contribution >= 0.6 is 11.8 Å². The maximum absolute atomic E-state index is 13.1. The number of nitrogens with one attached hydrogen (secondary N) is 1. The van der Waals surface area contributed by atoms with E-state index in [1.54, 1.807) is 18.7 Å². The number of anilines is 1. The number of hydrogen-bond acceptors (Lipinski definition) is 8. The zero-order valence-corrected chi connectivity index (χ0v) is 17.3. The predicted octanol–water partition coefficient (Wildman–Crippen LogP) is 2.55. The van der Waals surface area contributed by atoms with E-state index >= 15 is 0 Å². The van der Waals surface area contributed by atoms with Crippen molar-refractivity contribution in [3.8, 4) is 0 Å². The quantitative estimate of drug-likeness (QED) is 0.701. The summed E-state index contributed by atoms with van der Waals surface area (Å²) in [4.78, 5) is 36.0. The van der Waals surface area contributed by atoms with Crippen molar-refractivity contribution in [3.63, 3.8) is 0 Å². The predicted molar refractivity (Wildman–Crippen MR) is 109 cm³/mol. The Bertz CT molecular complexity index is 848. The summed E-state index contributed by atoms with van der Waals surface area (Å²) in [7, 11) is 1.32. The van der Waals surface area contributed by atoms with Crippen molar-refractivity contribution in [2.45, 2.75) is 38.6 Å². The number of methoxy groups -OCH3 is 1. The van der Waals surface area contributed by atoms with Gasteiger partial charge in [0.2, 0.25) is 5.71 Å². The van der Waals surface area contributed by atoms with Crippen molar-refractivity contribution in [3.05, 3.63) is 17.7 Å². The van der Waals surface area contributed by atoms with Gasteiger partial charge in [0.15, 0.2) is 0 Å². The summed E-state index contributed by atoms with van der Waals surface area (Å²) < 4.78 is 10.6. The van der Waals surface area contributed by atoms with Crippen LogP contribution in [-0.2, 0) is 9.53 Å². The average molecular weight is 407 g/mol. The van der Waals surface area contributed by atoms with E-state index in [0.29, 0.717) is 34.7 Å². The second-order valence-electron chi connectivity index (χ2n) is 6.79. The van der Waals surface area contributed by atoms with Crippen LogP contribution in [0.15, 0.2) is 10.7 Å². The normalized spacial score (nSPS) is 15.5. The molecular weight excluding hydrogens is 380 g/mol. The number of ether oxygens (including phenoxy) is 1. The number of rotatable bonds is 7. The number of nitrogens with zero attached hydrogens (tertiary/aromatic N) is 3. The first-order valence-electron chi connectivity index (χ1n) is 9.43. The van der Waals surface area contributed by atoms with Gasteiger partial charge in [-0.3, -0.25) is 4.79 Å². The first-order chi connectivity index (χ1) is 13.6. The number of piperidine rings is 1. The molecule has 1 amide bonds. The van der Waals surface area contributed by atoms with Crippen LogP contribution in [-0.4, -0.2) is 60.1 Å². The fourth-order valence-electron chi connectivity index (χ4n) is 3.51. The summed E-state index contributed by atoms with van der Waals surface area (Å²) in [6.07, 6.45) is 7.27. The van der Waals surface area contributed by atoms with Crippen molar-refractivity contribution in [1.82, 2.24) is 15.3 Å². The Labute approximate surface area is 168 Å². The van der Waals surface area contributed by atoms with Crippen LogP contribution in [0, 0.1) is 6.92 Å². The summed E-state index contributed by atoms with van der Waals surface area (Å²) in [5.41, 5.74) is 0.770. The lowest BCUT2D eigenvalue weighted by atomic mass is 10.1. The highest BCUT2D eigenvalue weighted by atomic mass is 32.2. The number of aromatic nitrogens is 2. The standard InChI is InChI=1S/C19H26N4O4S/c1-12-14(17(24)22-13(7-10-28-3)19(25)26-2)15-16(20-11-21-18(15)27-12)23-8-5-4-6-9-23/h11,13H,4-10H2,1-3H3,(H,22,24)/t13-/m1/s1. The van der Waals surface area contributed by atoms with Crippen molar-refractivity contribution >= 4 is 40.6 Å². The van der Waals surface area contributed by atoms with E-state index < -0.39 is 12.0 Å². The Morgan fingerprint density at radius 1 is 1.32 bits per heavy atom. The second-order valence-corrected chi connectivity index (χ2v) is 7.77. The summed E-state index contributed by atoms with van der Waals surface area (Å²) >= 11 is 1.61. The van der Waals surface area contributed by atoms with Gasteiger partial charge in [-0.25, -0.2) is 14.8 Å². The lowest BCUT2D eigenvalue weighted by molar-refractivity contribution is -0.142. The van der Waals surface area contributed by atoms with Gasteiger partial charge in [-0.2, -0.15) is 11.8 Å². The summed E-state index contributed by atoms with van der Waals surface area (Å²) in [6.45, 7) is 3.50. The average Bonchev–Trinajstić information content (AvgIpc) is 3.06. The summed E-state index contributed by atoms with van der Waals surface area (Å²) in [5, 5.41) is 3.41. The third-order valence-corrected chi connectivity index (χ3v) is 5.57. The van der Waals surface area contributed by atoms with Crippen LogP contribution < -0.4 is 10.2 Å². The number of thioether (sulfide) groups is 1. The molecule has 1 aliphatic heterocycles. The number of furan rings is 1. The highest BCUT2D eigenvalue weighted by molar-refractivity contribution is 7.98. The second kappa shape index (κ2) is 9.27. The van der Waals surface area contributed by atoms with Crippen LogP contribution in [0.3, 0.4) is 0 Å². The van der Waals surface area contributed by atoms with E-state index in [9.17, 15) is 9.59 Å². The van der Waals surface area contributed by atoms with E-state index in [2.05, 4.69) is 20.2 Å². The third kappa shape index (κ3) is 4.24. The number of fused-ring (bicyclic) bond motifs is 1. The van der Waals surface area contributed by atoms with Crippen molar-refractivity contribution in [1.29, 1.82) is 0 Å². The molecular formula is C19H26N4O4S. The zero-order valence-electron chi connectivity index (χ0n) is 16.5. The van der Waals surface area contributed by atoms with E-state index in [1.807, 2.05) is 6.26 Å². The maximum atomic E-state index is 13.1. The molecule has 0 aliphatic carbocycles. The molecule has 1 N–H and O–H groups in total. The first-order valence-corrected chi connectivity index (χ1v) is 10.8. The van der Waals surface area contributed by atoms with Gasteiger partial charge in [0.25, 0.3) is 5.91 Å². The molecule has 28 heavy (non-hydrogen) atoms. The van der Waals surface area contributed by atoms with Crippen LogP contribution in [0.25, 0.3) is 11.1 Å². The molecule has 0 spiro atoms. The lowest BCUT2D eigenvalue weighted by Crippen LogP contribution is -2.42. The molecule has 1 aliphatic rings. The molecule has 0 saturated carbocycles. The van der Waals surface area contributed by atoms with Gasteiger partial charge in [0.05, 0.1) is 18.1 Å². The van der Waals surface area contributed by atoms with Gasteiger partial charge in [0.1, 0.15) is 23.9 Å². The van der Waals surface area contributed by atoms with E-state index in [4.69, 9.17) is 9.15 Å². The van der Waals surface area contributed by atoms with E-state index in [1.165, 1.54) is 19.9 Å². The van der Waals surface area contributed by atoms with Crippen molar-refractivity contribution in [2.24, 2.45) is 0 Å². The largest absolute Gasteiger partial charge is 0.467 e.